The Morgan fingerprint density at radius 3 is 2.75 bits per heavy atom. The quantitative estimate of drug-likeness (QED) is 0.543. The van der Waals surface area contributed by atoms with Crippen LogP contribution in [0.3, 0.4) is 0 Å². The molecule has 0 radical (unpaired) electrons. The summed E-state index contributed by atoms with van der Waals surface area (Å²) < 4.78 is 0. The molecule has 0 bridgehead atoms. The normalized spacial score (nSPS) is 14.9. The highest BCUT2D eigenvalue weighted by molar-refractivity contribution is 5.53. The number of nitrogens with zero attached hydrogens (tertiary/aromatic N) is 1. The van der Waals surface area contributed by atoms with Crippen LogP contribution in [-0.2, 0) is 0 Å². The molecule has 48 valence electrons. The summed E-state index contributed by atoms with van der Waals surface area (Å²) in [5, 5.41) is 8.71. The number of aliphatic imine (C=N–C) groups is 1. The van der Waals surface area contributed by atoms with Gasteiger partial charge in [-0.1, -0.05) is 0 Å². The Morgan fingerprint density at radius 2 is 2.38 bits per heavy atom. The van der Waals surface area contributed by atoms with Crippen LogP contribution in [0.15, 0.2) is 4.99 Å². The summed E-state index contributed by atoms with van der Waals surface area (Å²) in [5.74, 6) is 0. The van der Waals surface area contributed by atoms with Crippen molar-refractivity contribution in [3.63, 3.8) is 0 Å². The van der Waals surface area contributed by atoms with E-state index in [-0.39, 0.29) is 6.10 Å². The number of hydrogen-bond donors (Lipinski definition) is 1. The first-order chi connectivity index (χ1) is 3.77. The van der Waals surface area contributed by atoms with Gasteiger partial charge in [0.2, 0.25) is 0 Å². The predicted octanol–water partition coefficient (Wildman–Crippen LogP) is 0.848. The zero-order chi connectivity index (χ0) is 6.41. The van der Waals surface area contributed by atoms with Crippen LogP contribution in [0.1, 0.15) is 20.3 Å². The summed E-state index contributed by atoms with van der Waals surface area (Å²) in [5.41, 5.74) is 0. The van der Waals surface area contributed by atoms with Gasteiger partial charge in [-0.2, -0.15) is 0 Å². The van der Waals surface area contributed by atoms with Crippen LogP contribution < -0.4 is 0 Å². The molecule has 0 unspecified atom stereocenters. The smallest absolute Gasteiger partial charge is 0.0529 e. The minimum absolute atomic E-state index is 0.210. The minimum Gasteiger partial charge on any atom is -0.393 e. The van der Waals surface area contributed by atoms with Crippen molar-refractivity contribution in [1.29, 1.82) is 0 Å². The van der Waals surface area contributed by atoms with Gasteiger partial charge in [0, 0.05) is 6.54 Å². The number of hydrogen-bond acceptors (Lipinski definition) is 2. The summed E-state index contributed by atoms with van der Waals surface area (Å²) in [6.07, 6.45) is 2.31. The highest BCUT2D eigenvalue weighted by atomic mass is 16.3. The lowest BCUT2D eigenvalue weighted by Crippen LogP contribution is -2.00. The summed E-state index contributed by atoms with van der Waals surface area (Å²) >= 11 is 0. The van der Waals surface area contributed by atoms with Crippen molar-refractivity contribution < 1.29 is 5.11 Å². The maximum Gasteiger partial charge on any atom is 0.0529 e. The molecule has 1 N–H and O–H groups in total. The number of rotatable bonds is 3. The van der Waals surface area contributed by atoms with Gasteiger partial charge in [0.25, 0.3) is 0 Å². The topological polar surface area (TPSA) is 32.6 Å². The number of aliphatic hydroxyl groups excluding tert-OH is 1. The zero-order valence-corrected chi connectivity index (χ0v) is 5.46. The van der Waals surface area contributed by atoms with Crippen molar-refractivity contribution in [2.75, 3.05) is 6.54 Å². The van der Waals surface area contributed by atoms with Gasteiger partial charge in [0.05, 0.1) is 6.10 Å². The Balaban J connectivity index is 2.93. The summed E-state index contributed by atoms with van der Waals surface area (Å²) in [4.78, 5) is 3.93. The Kier molecular flexibility index (Phi) is 4.56. The maximum atomic E-state index is 8.71. The predicted molar refractivity (Wildman–Crippen MR) is 35.3 cm³/mol. The molecule has 0 aromatic heterocycles. The lowest BCUT2D eigenvalue weighted by molar-refractivity contribution is 0.187. The van der Waals surface area contributed by atoms with E-state index in [2.05, 4.69) is 4.99 Å². The molecule has 0 saturated carbocycles. The average Bonchev–Trinajstić information content (AvgIpc) is 1.66. The standard InChI is InChI=1S/C6H13NO/c1-3-7-5-4-6(2)8/h3,6,8H,4-5H2,1-2H3/t6-/m1/s1. The van der Waals surface area contributed by atoms with E-state index in [1.54, 1.807) is 13.1 Å². The molecule has 1 atom stereocenters. The molecule has 8 heavy (non-hydrogen) atoms. The van der Waals surface area contributed by atoms with E-state index in [0.717, 1.165) is 13.0 Å². The van der Waals surface area contributed by atoms with Crippen LogP contribution in [0, 0.1) is 0 Å². The van der Waals surface area contributed by atoms with Gasteiger partial charge in [-0.15, -0.1) is 0 Å². The van der Waals surface area contributed by atoms with Gasteiger partial charge in [0.1, 0.15) is 0 Å². The molecule has 2 heteroatoms. The molecule has 0 aromatic rings. The third-order valence-electron chi connectivity index (χ3n) is 0.859. The van der Waals surface area contributed by atoms with E-state index < -0.39 is 0 Å². The fourth-order valence-corrected chi connectivity index (χ4v) is 0.390. The summed E-state index contributed by atoms with van der Waals surface area (Å²) in [6.45, 7) is 4.39. The second kappa shape index (κ2) is 4.78. The van der Waals surface area contributed by atoms with Gasteiger partial charge in [-0.3, -0.25) is 4.99 Å². The fourth-order valence-electron chi connectivity index (χ4n) is 0.390. The molecule has 0 rings (SSSR count). The van der Waals surface area contributed by atoms with Gasteiger partial charge >= 0.3 is 0 Å². The Labute approximate surface area is 50.3 Å². The first-order valence-electron chi connectivity index (χ1n) is 2.90. The van der Waals surface area contributed by atoms with E-state index in [1.807, 2.05) is 6.92 Å². The van der Waals surface area contributed by atoms with Crippen molar-refractivity contribution >= 4 is 6.21 Å². The molecule has 2 nitrogen and oxygen atoms in total. The van der Waals surface area contributed by atoms with Crippen LogP contribution in [0.5, 0.6) is 0 Å². The van der Waals surface area contributed by atoms with Crippen molar-refractivity contribution in [3.05, 3.63) is 0 Å². The van der Waals surface area contributed by atoms with E-state index in [9.17, 15) is 0 Å². The molecule has 0 aliphatic carbocycles. The largest absolute Gasteiger partial charge is 0.393 e. The SMILES string of the molecule is CC=NCC[C@@H](C)O. The van der Waals surface area contributed by atoms with Crippen LogP contribution in [0.4, 0.5) is 0 Å². The molecular formula is C6H13NO. The lowest BCUT2D eigenvalue weighted by atomic mass is 10.3. The highest BCUT2D eigenvalue weighted by Gasteiger charge is 1.89. The van der Waals surface area contributed by atoms with E-state index in [0.29, 0.717) is 0 Å². The summed E-state index contributed by atoms with van der Waals surface area (Å²) in [7, 11) is 0. The van der Waals surface area contributed by atoms with Crippen molar-refractivity contribution in [3.8, 4) is 0 Å². The monoisotopic (exact) mass is 115 g/mol. The Hall–Kier alpha value is -0.370. The van der Waals surface area contributed by atoms with E-state index in [4.69, 9.17) is 5.11 Å². The minimum atomic E-state index is -0.210. The molecule has 0 amide bonds. The average molecular weight is 115 g/mol. The van der Waals surface area contributed by atoms with Crippen LogP contribution >= 0.6 is 0 Å². The van der Waals surface area contributed by atoms with Crippen molar-refractivity contribution in [2.24, 2.45) is 4.99 Å². The van der Waals surface area contributed by atoms with E-state index >= 15 is 0 Å². The molecule has 0 aliphatic rings. The molecular weight excluding hydrogens is 102 g/mol. The third-order valence-corrected chi connectivity index (χ3v) is 0.859. The van der Waals surface area contributed by atoms with Gasteiger partial charge < -0.3 is 5.11 Å². The molecule has 0 spiro atoms. The first kappa shape index (κ1) is 7.63. The van der Waals surface area contributed by atoms with Crippen LogP contribution in [0.2, 0.25) is 0 Å². The second-order valence-corrected chi connectivity index (χ2v) is 1.80. The van der Waals surface area contributed by atoms with Crippen LogP contribution in [-0.4, -0.2) is 24.0 Å². The maximum absolute atomic E-state index is 8.71. The second-order valence-electron chi connectivity index (χ2n) is 1.80. The Morgan fingerprint density at radius 1 is 1.75 bits per heavy atom. The Bertz CT molecular complexity index is 68.9. The molecule has 0 saturated heterocycles. The van der Waals surface area contributed by atoms with Crippen molar-refractivity contribution in [1.82, 2.24) is 0 Å². The van der Waals surface area contributed by atoms with Gasteiger partial charge in [0.15, 0.2) is 0 Å². The summed E-state index contributed by atoms with van der Waals surface area (Å²) in [6, 6.07) is 0. The molecule has 0 aliphatic heterocycles. The van der Waals surface area contributed by atoms with Crippen LogP contribution in [0.25, 0.3) is 0 Å². The lowest BCUT2D eigenvalue weighted by Gasteiger charge is -1.96. The first-order valence-corrected chi connectivity index (χ1v) is 2.90. The highest BCUT2D eigenvalue weighted by Crippen LogP contribution is 1.87. The fraction of sp³-hybridized carbons (Fsp3) is 0.833. The third kappa shape index (κ3) is 5.63. The molecule has 0 fully saturated rings. The zero-order valence-electron chi connectivity index (χ0n) is 5.46. The van der Waals surface area contributed by atoms with E-state index in [1.165, 1.54) is 0 Å². The molecule has 0 aromatic carbocycles. The van der Waals surface area contributed by atoms with Crippen molar-refractivity contribution in [2.45, 2.75) is 26.4 Å². The molecule has 0 heterocycles. The number of aliphatic hydroxyl groups is 1. The van der Waals surface area contributed by atoms with Gasteiger partial charge in [-0.25, -0.2) is 0 Å². The van der Waals surface area contributed by atoms with Gasteiger partial charge in [-0.05, 0) is 26.5 Å².